The fourth-order valence-corrected chi connectivity index (χ4v) is 4.65. The van der Waals surface area contributed by atoms with Crippen molar-refractivity contribution in [2.24, 2.45) is 0 Å². The number of pyridine rings is 2. The van der Waals surface area contributed by atoms with Gasteiger partial charge in [-0.2, -0.15) is 0 Å². The van der Waals surface area contributed by atoms with E-state index < -0.39 is 0 Å². The maximum atomic E-state index is 5.28. The molecule has 4 rings (SSSR count). The van der Waals surface area contributed by atoms with Crippen molar-refractivity contribution in [2.75, 3.05) is 0 Å². The summed E-state index contributed by atoms with van der Waals surface area (Å²) in [5.74, 6) is 1.47. The molecule has 0 saturated heterocycles. The molecule has 158 valence electrons. The zero-order valence-electron chi connectivity index (χ0n) is 18.6. The summed E-state index contributed by atoms with van der Waals surface area (Å²) < 4.78 is 0. The van der Waals surface area contributed by atoms with E-state index in [1.165, 1.54) is 41.6 Å². The molecule has 0 amide bonds. The van der Waals surface area contributed by atoms with Gasteiger partial charge in [0.05, 0.1) is 11.3 Å². The van der Waals surface area contributed by atoms with Crippen LogP contribution in [0.3, 0.4) is 0 Å². The Hall–Kier alpha value is -2.63. The molecule has 0 saturated carbocycles. The van der Waals surface area contributed by atoms with E-state index in [1.54, 1.807) is 0 Å². The van der Waals surface area contributed by atoms with E-state index in [1.807, 2.05) is 6.20 Å². The molecule has 1 aliphatic carbocycles. The van der Waals surface area contributed by atoms with Gasteiger partial charge in [0.15, 0.2) is 5.82 Å². The minimum absolute atomic E-state index is 0.374. The summed E-state index contributed by atoms with van der Waals surface area (Å²) in [6.45, 7) is 8.87. The van der Waals surface area contributed by atoms with Gasteiger partial charge in [0.2, 0.25) is 0 Å². The van der Waals surface area contributed by atoms with E-state index in [-0.39, 0.29) is 0 Å². The second kappa shape index (κ2) is 9.02. The first-order chi connectivity index (χ1) is 14.6. The third kappa shape index (κ3) is 3.87. The van der Waals surface area contributed by atoms with Crippen LogP contribution in [0.1, 0.15) is 94.3 Å². The number of aromatic nitrogens is 6. The van der Waals surface area contributed by atoms with Crippen molar-refractivity contribution in [3.8, 4) is 22.5 Å². The SMILES string of the molecule is CCC(CC)c1nc2c(c(-c3ccnc(C(C)C)c3)c1-c1nnn[nH]1)CCCCC2. The second-order valence-corrected chi connectivity index (χ2v) is 8.62. The van der Waals surface area contributed by atoms with Crippen LogP contribution in [0.4, 0.5) is 0 Å². The Kier molecular flexibility index (Phi) is 6.21. The Morgan fingerprint density at radius 2 is 1.83 bits per heavy atom. The van der Waals surface area contributed by atoms with Gasteiger partial charge in [-0.15, -0.1) is 5.10 Å². The summed E-state index contributed by atoms with van der Waals surface area (Å²) in [6.07, 6.45) is 9.78. The van der Waals surface area contributed by atoms with Crippen molar-refractivity contribution in [3.63, 3.8) is 0 Å². The highest BCUT2D eigenvalue weighted by molar-refractivity contribution is 5.85. The van der Waals surface area contributed by atoms with Crippen molar-refractivity contribution in [3.05, 3.63) is 41.0 Å². The molecule has 3 heterocycles. The van der Waals surface area contributed by atoms with E-state index in [4.69, 9.17) is 4.98 Å². The predicted octanol–water partition coefficient (Wildman–Crippen LogP) is 5.62. The Balaban J connectivity index is 2.07. The number of nitrogens with one attached hydrogen (secondary N) is 1. The standard InChI is InChI=1S/C24H32N6/c1-5-16(6-2)23-22(24-27-29-30-28-24)21(17-12-13-25-20(14-17)15(3)4)18-10-8-7-9-11-19(18)26-23/h12-16H,5-11H2,1-4H3,(H,27,28,29,30). The van der Waals surface area contributed by atoms with Gasteiger partial charge in [0.25, 0.3) is 0 Å². The zero-order valence-corrected chi connectivity index (χ0v) is 18.6. The number of aryl methyl sites for hydroxylation is 1. The molecule has 30 heavy (non-hydrogen) atoms. The van der Waals surface area contributed by atoms with Crippen LogP contribution in [0.25, 0.3) is 22.5 Å². The van der Waals surface area contributed by atoms with Crippen molar-refractivity contribution >= 4 is 0 Å². The van der Waals surface area contributed by atoms with E-state index in [0.717, 1.165) is 42.6 Å². The van der Waals surface area contributed by atoms with E-state index >= 15 is 0 Å². The monoisotopic (exact) mass is 404 g/mol. The highest BCUT2D eigenvalue weighted by Gasteiger charge is 2.27. The predicted molar refractivity (Wildman–Crippen MR) is 119 cm³/mol. The minimum Gasteiger partial charge on any atom is -0.261 e. The molecule has 0 atom stereocenters. The molecule has 3 aromatic rings. The first-order valence-corrected chi connectivity index (χ1v) is 11.4. The third-order valence-corrected chi connectivity index (χ3v) is 6.37. The molecule has 0 unspecified atom stereocenters. The van der Waals surface area contributed by atoms with E-state index in [2.05, 4.69) is 65.4 Å². The van der Waals surface area contributed by atoms with Crippen LogP contribution >= 0.6 is 0 Å². The fourth-order valence-electron chi connectivity index (χ4n) is 4.65. The lowest BCUT2D eigenvalue weighted by Gasteiger charge is -2.23. The molecule has 0 aliphatic heterocycles. The van der Waals surface area contributed by atoms with Gasteiger partial charge in [-0.3, -0.25) is 9.97 Å². The number of hydrogen-bond acceptors (Lipinski definition) is 5. The highest BCUT2D eigenvalue weighted by atomic mass is 15.5. The van der Waals surface area contributed by atoms with Crippen LogP contribution < -0.4 is 0 Å². The number of tetrazole rings is 1. The fraction of sp³-hybridized carbons (Fsp3) is 0.542. The first kappa shape index (κ1) is 20.6. The van der Waals surface area contributed by atoms with E-state index in [9.17, 15) is 0 Å². The summed E-state index contributed by atoms with van der Waals surface area (Å²) in [6, 6.07) is 4.38. The van der Waals surface area contributed by atoms with Crippen molar-refractivity contribution in [1.29, 1.82) is 0 Å². The Labute approximate surface area is 178 Å². The quantitative estimate of drug-likeness (QED) is 0.539. The summed E-state index contributed by atoms with van der Waals surface area (Å²) in [5, 5.41) is 15.2. The molecule has 0 aromatic carbocycles. The molecule has 1 aliphatic rings. The molecular formula is C24H32N6. The Bertz CT molecular complexity index is 989. The van der Waals surface area contributed by atoms with Gasteiger partial charge in [-0.25, -0.2) is 5.10 Å². The number of fused-ring (bicyclic) bond motifs is 1. The van der Waals surface area contributed by atoms with Crippen LogP contribution in [-0.2, 0) is 12.8 Å². The number of rotatable bonds is 6. The maximum absolute atomic E-state index is 5.28. The van der Waals surface area contributed by atoms with Gasteiger partial charge >= 0.3 is 0 Å². The normalized spacial score (nSPS) is 14.2. The van der Waals surface area contributed by atoms with Crippen molar-refractivity contribution in [2.45, 2.75) is 84.5 Å². The molecule has 1 N–H and O–H groups in total. The number of hydrogen-bond donors (Lipinski definition) is 1. The third-order valence-electron chi connectivity index (χ3n) is 6.37. The molecule has 0 bridgehead atoms. The van der Waals surface area contributed by atoms with Crippen LogP contribution in [0.5, 0.6) is 0 Å². The van der Waals surface area contributed by atoms with Crippen LogP contribution in [0.15, 0.2) is 18.3 Å². The van der Waals surface area contributed by atoms with E-state index in [0.29, 0.717) is 17.7 Å². The Morgan fingerprint density at radius 3 is 2.53 bits per heavy atom. The lowest BCUT2D eigenvalue weighted by molar-refractivity contribution is 0.619. The molecule has 6 nitrogen and oxygen atoms in total. The average Bonchev–Trinajstić information content (AvgIpc) is 3.19. The van der Waals surface area contributed by atoms with Gasteiger partial charge in [-0.1, -0.05) is 34.1 Å². The van der Waals surface area contributed by atoms with Crippen molar-refractivity contribution in [1.82, 2.24) is 30.6 Å². The molecule has 0 fully saturated rings. The molecule has 0 radical (unpaired) electrons. The first-order valence-electron chi connectivity index (χ1n) is 11.4. The van der Waals surface area contributed by atoms with Gasteiger partial charge < -0.3 is 0 Å². The average molecular weight is 405 g/mol. The van der Waals surface area contributed by atoms with Gasteiger partial charge in [-0.05, 0) is 83.7 Å². The number of H-pyrrole nitrogens is 1. The van der Waals surface area contributed by atoms with Crippen molar-refractivity contribution < 1.29 is 0 Å². The second-order valence-electron chi connectivity index (χ2n) is 8.62. The van der Waals surface area contributed by atoms with Crippen LogP contribution in [0, 0.1) is 0 Å². The number of nitrogens with zero attached hydrogens (tertiary/aromatic N) is 5. The topological polar surface area (TPSA) is 80.2 Å². The summed E-state index contributed by atoms with van der Waals surface area (Å²) in [7, 11) is 0. The highest BCUT2D eigenvalue weighted by Crippen LogP contribution is 2.42. The summed E-state index contributed by atoms with van der Waals surface area (Å²) in [4.78, 5) is 9.90. The number of aromatic amines is 1. The summed E-state index contributed by atoms with van der Waals surface area (Å²) >= 11 is 0. The largest absolute Gasteiger partial charge is 0.261 e. The van der Waals surface area contributed by atoms with Gasteiger partial charge in [0.1, 0.15) is 0 Å². The maximum Gasteiger partial charge on any atom is 0.181 e. The van der Waals surface area contributed by atoms with Crippen LogP contribution in [0.2, 0.25) is 0 Å². The molecule has 0 spiro atoms. The zero-order chi connectivity index (χ0) is 21.1. The lowest BCUT2D eigenvalue weighted by atomic mass is 9.85. The minimum atomic E-state index is 0.374. The molecular weight excluding hydrogens is 372 g/mol. The summed E-state index contributed by atoms with van der Waals surface area (Å²) in [5.41, 5.74) is 8.42. The smallest absolute Gasteiger partial charge is 0.181 e. The molecule has 3 aromatic heterocycles. The Morgan fingerprint density at radius 1 is 1.03 bits per heavy atom. The lowest BCUT2D eigenvalue weighted by Crippen LogP contribution is -2.11. The molecule has 6 heteroatoms. The van der Waals surface area contributed by atoms with Crippen LogP contribution in [-0.4, -0.2) is 30.6 Å². The van der Waals surface area contributed by atoms with Gasteiger partial charge in [0, 0.05) is 23.5 Å².